The maximum Gasteiger partial charge on any atom is 0.388 e. The van der Waals surface area contributed by atoms with Crippen LogP contribution in [0.3, 0.4) is 0 Å². The first-order valence-electron chi connectivity index (χ1n) is 9.39. The molecule has 0 saturated carbocycles. The van der Waals surface area contributed by atoms with Gasteiger partial charge in [-0.1, -0.05) is 20.8 Å². The van der Waals surface area contributed by atoms with Gasteiger partial charge in [-0.05, 0) is 18.1 Å². The second-order valence-corrected chi connectivity index (χ2v) is 13.4. The average molecular weight is 450 g/mol. The summed E-state index contributed by atoms with van der Waals surface area (Å²) in [6.45, 7) is 6.24. The minimum Gasteiger partial charge on any atom is -0.414 e. The molecule has 0 amide bonds. The van der Waals surface area contributed by atoms with E-state index in [0.29, 0.717) is 0 Å². The molecule has 3 rings (SSSR count). The van der Waals surface area contributed by atoms with E-state index >= 15 is 4.39 Å². The van der Waals surface area contributed by atoms with Crippen molar-refractivity contribution in [3.63, 3.8) is 0 Å². The van der Waals surface area contributed by atoms with Gasteiger partial charge in [-0.15, -0.1) is 5.10 Å². The number of nitrogens with two attached hydrogens (primary N) is 1. The number of aromatic nitrogens is 4. The normalized spacial score (nSPS) is 25.4. The first kappa shape index (κ1) is 22.7. The number of nitrogens with zero attached hydrogens (tertiary/aromatic N) is 4. The Bertz CT molecular complexity index is 907. The van der Waals surface area contributed by atoms with Crippen molar-refractivity contribution in [1.29, 1.82) is 0 Å². The lowest BCUT2D eigenvalue weighted by Crippen LogP contribution is -2.49. The van der Waals surface area contributed by atoms with Crippen molar-refractivity contribution >= 4 is 25.2 Å². The van der Waals surface area contributed by atoms with Crippen molar-refractivity contribution in [2.75, 3.05) is 12.3 Å². The molecule has 2 aromatic rings. The number of alkyl halides is 3. The van der Waals surface area contributed by atoms with Gasteiger partial charge in [0.15, 0.2) is 26.4 Å². The quantitative estimate of drug-likeness (QED) is 0.647. The Kier molecular flexibility index (Phi) is 6.01. The largest absolute Gasteiger partial charge is 0.414 e. The van der Waals surface area contributed by atoms with E-state index in [4.69, 9.17) is 14.9 Å². The summed E-state index contributed by atoms with van der Waals surface area (Å²) in [6.07, 6.45) is -4.09. The lowest BCUT2D eigenvalue weighted by molar-refractivity contribution is -0.0599. The lowest BCUT2D eigenvalue weighted by Gasteiger charge is -2.39. The van der Waals surface area contributed by atoms with Crippen LogP contribution >= 0.6 is 0 Å². The van der Waals surface area contributed by atoms with E-state index in [0.717, 1.165) is 11.0 Å². The number of aliphatic hydroxyl groups excluding tert-OH is 1. The van der Waals surface area contributed by atoms with E-state index in [1.807, 2.05) is 33.9 Å². The smallest absolute Gasteiger partial charge is 0.388 e. The molecule has 0 spiro atoms. The van der Waals surface area contributed by atoms with Gasteiger partial charge in [-0.2, -0.15) is 8.78 Å². The Morgan fingerprint density at radius 1 is 1.33 bits per heavy atom. The highest BCUT2D eigenvalue weighted by molar-refractivity contribution is 6.74. The summed E-state index contributed by atoms with van der Waals surface area (Å²) in [5, 5.41) is 13.4. The van der Waals surface area contributed by atoms with Gasteiger partial charge in [0.1, 0.15) is 29.7 Å². The number of ether oxygens (including phenoxy) is 2. The molecule has 9 nitrogen and oxygen atoms in total. The fourth-order valence-electron chi connectivity index (χ4n) is 3.00. The standard InChI is InChI=1S/C17H26F3N5O4Si/c1-17(2,3)30(4,5)29-11-8(6-26)27-15(10(11)18)25-13-9(12(21)22-7-23-13)14(24-25)28-16(19)20/h7-8,10-11,15-16,26H,6H2,1-5H3,(H2,21,22,23)/t8-,10+,11?,15-/m1/s1. The molecule has 0 aromatic carbocycles. The summed E-state index contributed by atoms with van der Waals surface area (Å²) < 4.78 is 58.4. The third-order valence-electron chi connectivity index (χ3n) is 5.61. The van der Waals surface area contributed by atoms with Gasteiger partial charge in [0.2, 0.25) is 0 Å². The molecule has 2 aromatic heterocycles. The van der Waals surface area contributed by atoms with Crippen LogP contribution in [0.25, 0.3) is 11.0 Å². The first-order valence-corrected chi connectivity index (χ1v) is 12.3. The predicted octanol–water partition coefficient (Wildman–Crippen LogP) is 2.63. The van der Waals surface area contributed by atoms with Gasteiger partial charge in [-0.25, -0.2) is 19.0 Å². The zero-order chi connectivity index (χ0) is 22.4. The minimum absolute atomic E-state index is 0.0320. The van der Waals surface area contributed by atoms with Crippen LogP contribution in [0.15, 0.2) is 6.33 Å². The highest BCUT2D eigenvalue weighted by Crippen LogP contribution is 2.43. The minimum atomic E-state index is -3.18. The Hall–Kier alpha value is -1.96. The van der Waals surface area contributed by atoms with Gasteiger partial charge >= 0.3 is 6.61 Å². The molecule has 30 heavy (non-hydrogen) atoms. The number of rotatable bonds is 6. The molecular weight excluding hydrogens is 423 g/mol. The number of hydrogen-bond acceptors (Lipinski definition) is 8. The maximum atomic E-state index is 15.5. The van der Waals surface area contributed by atoms with Crippen molar-refractivity contribution in [1.82, 2.24) is 19.7 Å². The molecule has 1 aliphatic heterocycles. The van der Waals surface area contributed by atoms with Crippen LogP contribution in [0.1, 0.15) is 27.0 Å². The van der Waals surface area contributed by atoms with E-state index in [1.54, 1.807) is 0 Å². The number of nitrogen functional groups attached to an aromatic ring is 1. The summed E-state index contributed by atoms with van der Waals surface area (Å²) in [4.78, 5) is 7.73. The molecule has 168 valence electrons. The zero-order valence-electron chi connectivity index (χ0n) is 17.3. The van der Waals surface area contributed by atoms with Crippen LogP contribution in [0, 0.1) is 0 Å². The third kappa shape index (κ3) is 3.98. The Labute approximate surface area is 172 Å². The topological polar surface area (TPSA) is 118 Å². The van der Waals surface area contributed by atoms with Crippen molar-refractivity contribution in [3.8, 4) is 5.88 Å². The number of fused-ring (bicyclic) bond motifs is 1. The Morgan fingerprint density at radius 2 is 2.00 bits per heavy atom. The van der Waals surface area contributed by atoms with Crippen molar-refractivity contribution in [2.45, 2.75) is 70.1 Å². The third-order valence-corrected chi connectivity index (χ3v) is 10.1. The molecule has 1 unspecified atom stereocenters. The molecule has 0 radical (unpaired) electrons. The Balaban J connectivity index is 2.01. The molecular formula is C17H26F3N5O4Si. The molecule has 0 bridgehead atoms. The molecule has 4 atom stereocenters. The van der Waals surface area contributed by atoms with Gasteiger partial charge in [0.05, 0.1) is 6.61 Å². The average Bonchev–Trinajstić information content (AvgIpc) is 3.12. The highest BCUT2D eigenvalue weighted by Gasteiger charge is 2.52. The van der Waals surface area contributed by atoms with Crippen LogP contribution in [-0.4, -0.2) is 64.8 Å². The van der Waals surface area contributed by atoms with Crippen molar-refractivity contribution in [3.05, 3.63) is 6.33 Å². The second kappa shape index (κ2) is 7.94. The fourth-order valence-corrected chi connectivity index (χ4v) is 4.32. The zero-order valence-corrected chi connectivity index (χ0v) is 18.3. The Morgan fingerprint density at radius 3 is 2.57 bits per heavy atom. The molecule has 1 aliphatic rings. The lowest BCUT2D eigenvalue weighted by atomic mass is 10.1. The van der Waals surface area contributed by atoms with Crippen molar-refractivity contribution < 1.29 is 32.2 Å². The molecule has 13 heteroatoms. The number of halogens is 3. The maximum absolute atomic E-state index is 15.5. The van der Waals surface area contributed by atoms with Crippen molar-refractivity contribution in [2.24, 2.45) is 0 Å². The van der Waals surface area contributed by atoms with E-state index in [9.17, 15) is 13.9 Å². The summed E-state index contributed by atoms with van der Waals surface area (Å²) in [5.74, 6) is -0.689. The van der Waals surface area contributed by atoms with Crippen LogP contribution in [-0.2, 0) is 9.16 Å². The van der Waals surface area contributed by atoms with Crippen LogP contribution in [0.5, 0.6) is 5.88 Å². The van der Waals surface area contributed by atoms with Crippen LogP contribution < -0.4 is 10.5 Å². The summed E-state index contributed by atoms with van der Waals surface area (Å²) in [5.41, 5.74) is 5.74. The summed E-state index contributed by atoms with van der Waals surface area (Å²) in [6, 6.07) is 0. The predicted molar refractivity (Wildman–Crippen MR) is 104 cm³/mol. The van der Waals surface area contributed by atoms with Crippen LogP contribution in [0.2, 0.25) is 18.1 Å². The fraction of sp³-hybridized carbons (Fsp3) is 0.706. The van der Waals surface area contributed by atoms with Gasteiger partial charge in [0.25, 0.3) is 5.88 Å². The summed E-state index contributed by atoms with van der Waals surface area (Å²) >= 11 is 0. The van der Waals surface area contributed by atoms with E-state index in [1.165, 1.54) is 0 Å². The highest BCUT2D eigenvalue weighted by atomic mass is 28.4. The van der Waals surface area contributed by atoms with E-state index in [-0.39, 0.29) is 21.9 Å². The molecule has 3 heterocycles. The second-order valence-electron chi connectivity index (χ2n) is 8.62. The number of anilines is 1. The SMILES string of the molecule is CC(C)(C)[Si](C)(C)OC1[C@@H](CO)O[C@@H](n2nc(OC(F)F)c3c(N)ncnc32)[C@H]1F. The molecule has 1 fully saturated rings. The summed E-state index contributed by atoms with van der Waals surface area (Å²) in [7, 11) is -2.41. The van der Waals surface area contributed by atoms with Gasteiger partial charge in [-0.3, -0.25) is 0 Å². The first-order chi connectivity index (χ1) is 13.9. The van der Waals surface area contributed by atoms with Gasteiger partial charge in [0, 0.05) is 0 Å². The van der Waals surface area contributed by atoms with E-state index in [2.05, 4.69) is 19.8 Å². The molecule has 1 saturated heterocycles. The molecule has 3 N–H and O–H groups in total. The number of hydrogen-bond donors (Lipinski definition) is 2. The van der Waals surface area contributed by atoms with Gasteiger partial charge < -0.3 is 24.7 Å². The molecule has 0 aliphatic carbocycles. The van der Waals surface area contributed by atoms with E-state index < -0.39 is 52.0 Å². The monoisotopic (exact) mass is 449 g/mol. The number of aliphatic hydroxyl groups is 1. The van der Waals surface area contributed by atoms with Crippen LogP contribution in [0.4, 0.5) is 19.0 Å².